The first-order chi connectivity index (χ1) is 9.15. The van der Waals surface area contributed by atoms with Crippen molar-refractivity contribution in [2.24, 2.45) is 0 Å². The van der Waals surface area contributed by atoms with Crippen molar-refractivity contribution in [2.75, 3.05) is 11.1 Å². The highest BCUT2D eigenvalue weighted by Gasteiger charge is 2.05. The Morgan fingerprint density at radius 3 is 2.53 bits per heavy atom. The molecule has 0 saturated carbocycles. The molecule has 0 aliphatic rings. The molecule has 0 bridgehead atoms. The Morgan fingerprint density at radius 1 is 1.16 bits per heavy atom. The van der Waals surface area contributed by atoms with E-state index in [2.05, 4.69) is 5.32 Å². The lowest BCUT2D eigenvalue weighted by atomic mass is 10.2. The average molecular weight is 292 g/mol. The molecule has 0 saturated heterocycles. The van der Waals surface area contributed by atoms with Crippen molar-refractivity contribution in [1.82, 2.24) is 0 Å². The molecule has 98 valence electrons. The third-order valence-electron chi connectivity index (χ3n) is 2.60. The molecule has 0 spiro atoms. The zero-order valence-electron chi connectivity index (χ0n) is 10.5. The Bertz CT molecular complexity index is 569. The molecule has 0 aliphatic carbocycles. The first kappa shape index (κ1) is 14.0. The standard InChI is InChI=1S/C15H14ClNOS/c1-11-4-2-3-5-14(11)17-15(18)10-19-13-8-6-12(16)7-9-13/h2-9H,10H2,1H3,(H,17,18). The lowest BCUT2D eigenvalue weighted by molar-refractivity contribution is -0.113. The molecular formula is C15H14ClNOS. The molecule has 4 heteroatoms. The number of hydrogen-bond acceptors (Lipinski definition) is 2. The van der Waals surface area contributed by atoms with Gasteiger partial charge in [-0.15, -0.1) is 11.8 Å². The summed E-state index contributed by atoms with van der Waals surface area (Å²) in [6.45, 7) is 1.97. The summed E-state index contributed by atoms with van der Waals surface area (Å²) in [5.41, 5.74) is 1.93. The maximum absolute atomic E-state index is 11.8. The summed E-state index contributed by atoms with van der Waals surface area (Å²) in [6, 6.07) is 15.2. The van der Waals surface area contributed by atoms with E-state index in [0.717, 1.165) is 16.1 Å². The maximum Gasteiger partial charge on any atom is 0.234 e. The molecular weight excluding hydrogens is 278 g/mol. The maximum atomic E-state index is 11.8. The fourth-order valence-electron chi connectivity index (χ4n) is 1.58. The molecule has 0 atom stereocenters. The SMILES string of the molecule is Cc1ccccc1NC(=O)CSc1ccc(Cl)cc1. The van der Waals surface area contributed by atoms with Crippen LogP contribution in [0.1, 0.15) is 5.56 Å². The molecule has 2 nitrogen and oxygen atoms in total. The van der Waals surface area contributed by atoms with Gasteiger partial charge in [0.15, 0.2) is 0 Å². The first-order valence-corrected chi connectivity index (χ1v) is 7.25. The third kappa shape index (κ3) is 4.30. The van der Waals surface area contributed by atoms with Gasteiger partial charge in [0.1, 0.15) is 0 Å². The molecule has 0 radical (unpaired) electrons. The zero-order valence-corrected chi connectivity index (χ0v) is 12.1. The van der Waals surface area contributed by atoms with Gasteiger partial charge in [0, 0.05) is 15.6 Å². The third-order valence-corrected chi connectivity index (χ3v) is 3.87. The second-order valence-corrected chi connectivity index (χ2v) is 5.59. The van der Waals surface area contributed by atoms with Crippen LogP contribution in [0.3, 0.4) is 0 Å². The number of para-hydroxylation sites is 1. The minimum Gasteiger partial charge on any atom is -0.325 e. The van der Waals surface area contributed by atoms with E-state index in [9.17, 15) is 4.79 Å². The van der Waals surface area contributed by atoms with Crippen LogP contribution in [0.2, 0.25) is 5.02 Å². The van der Waals surface area contributed by atoms with Crippen LogP contribution in [0.4, 0.5) is 5.69 Å². The number of hydrogen-bond donors (Lipinski definition) is 1. The van der Waals surface area contributed by atoms with Crippen molar-refractivity contribution < 1.29 is 4.79 Å². The van der Waals surface area contributed by atoms with Crippen LogP contribution in [-0.2, 0) is 4.79 Å². The van der Waals surface area contributed by atoms with Gasteiger partial charge in [-0.05, 0) is 42.8 Å². The molecule has 0 aromatic heterocycles. The van der Waals surface area contributed by atoms with Crippen LogP contribution >= 0.6 is 23.4 Å². The second-order valence-electron chi connectivity index (χ2n) is 4.11. The average Bonchev–Trinajstić information content (AvgIpc) is 2.41. The van der Waals surface area contributed by atoms with Crippen LogP contribution in [-0.4, -0.2) is 11.7 Å². The van der Waals surface area contributed by atoms with Crippen molar-refractivity contribution in [3.05, 3.63) is 59.1 Å². The van der Waals surface area contributed by atoms with Gasteiger partial charge in [0.2, 0.25) is 5.91 Å². The lowest BCUT2D eigenvalue weighted by Gasteiger charge is -2.07. The summed E-state index contributed by atoms with van der Waals surface area (Å²) in [5, 5.41) is 3.61. The Balaban J connectivity index is 1.88. The van der Waals surface area contributed by atoms with Crippen molar-refractivity contribution in [3.8, 4) is 0 Å². The van der Waals surface area contributed by atoms with Crippen molar-refractivity contribution in [1.29, 1.82) is 0 Å². The highest BCUT2D eigenvalue weighted by molar-refractivity contribution is 8.00. The van der Waals surface area contributed by atoms with E-state index >= 15 is 0 Å². The molecule has 1 amide bonds. The summed E-state index contributed by atoms with van der Waals surface area (Å²) >= 11 is 7.30. The monoisotopic (exact) mass is 291 g/mol. The molecule has 0 aliphatic heterocycles. The van der Waals surface area contributed by atoms with E-state index in [0.29, 0.717) is 10.8 Å². The van der Waals surface area contributed by atoms with Crippen LogP contribution < -0.4 is 5.32 Å². The summed E-state index contributed by atoms with van der Waals surface area (Å²) in [4.78, 5) is 12.9. The smallest absolute Gasteiger partial charge is 0.234 e. The van der Waals surface area contributed by atoms with Gasteiger partial charge in [-0.1, -0.05) is 29.8 Å². The Labute approximate surface area is 122 Å². The summed E-state index contributed by atoms with van der Waals surface area (Å²) < 4.78 is 0. The fraction of sp³-hybridized carbons (Fsp3) is 0.133. The number of anilines is 1. The minimum absolute atomic E-state index is 0.00532. The predicted molar refractivity (Wildman–Crippen MR) is 82.0 cm³/mol. The number of carbonyl (C=O) groups is 1. The van der Waals surface area contributed by atoms with Crippen LogP contribution in [0, 0.1) is 6.92 Å². The molecule has 0 fully saturated rings. The van der Waals surface area contributed by atoms with Crippen LogP contribution in [0.25, 0.3) is 0 Å². The molecule has 0 unspecified atom stereocenters. The summed E-state index contributed by atoms with van der Waals surface area (Å²) in [6.07, 6.45) is 0. The quantitative estimate of drug-likeness (QED) is 0.847. The van der Waals surface area contributed by atoms with Gasteiger partial charge < -0.3 is 5.32 Å². The molecule has 1 N–H and O–H groups in total. The Kier molecular flexibility index (Phi) is 4.88. The number of amides is 1. The van der Waals surface area contributed by atoms with Crippen LogP contribution in [0.5, 0.6) is 0 Å². The predicted octanol–water partition coefficient (Wildman–Crippen LogP) is 4.38. The van der Waals surface area contributed by atoms with Gasteiger partial charge in [0.25, 0.3) is 0 Å². The number of aryl methyl sites for hydroxylation is 1. The first-order valence-electron chi connectivity index (χ1n) is 5.89. The normalized spacial score (nSPS) is 10.2. The molecule has 0 heterocycles. The molecule has 2 aromatic carbocycles. The molecule has 2 aromatic rings. The number of halogens is 1. The van der Waals surface area contributed by atoms with E-state index in [1.165, 1.54) is 11.8 Å². The van der Waals surface area contributed by atoms with E-state index in [1.807, 2.05) is 55.5 Å². The van der Waals surface area contributed by atoms with Gasteiger partial charge in [-0.3, -0.25) is 4.79 Å². The van der Waals surface area contributed by atoms with Gasteiger partial charge in [-0.2, -0.15) is 0 Å². The molecule has 19 heavy (non-hydrogen) atoms. The van der Waals surface area contributed by atoms with Gasteiger partial charge in [0.05, 0.1) is 5.75 Å². The van der Waals surface area contributed by atoms with Crippen molar-refractivity contribution >= 4 is 35.0 Å². The van der Waals surface area contributed by atoms with Crippen LogP contribution in [0.15, 0.2) is 53.4 Å². The summed E-state index contributed by atoms with van der Waals surface area (Å²) in [7, 11) is 0. The van der Waals surface area contributed by atoms with Crippen molar-refractivity contribution in [2.45, 2.75) is 11.8 Å². The van der Waals surface area contributed by atoms with E-state index < -0.39 is 0 Å². The highest BCUT2D eigenvalue weighted by atomic mass is 35.5. The number of carbonyl (C=O) groups excluding carboxylic acids is 1. The number of thioether (sulfide) groups is 1. The lowest BCUT2D eigenvalue weighted by Crippen LogP contribution is -2.14. The van der Waals surface area contributed by atoms with Gasteiger partial charge in [-0.25, -0.2) is 0 Å². The number of nitrogens with one attached hydrogen (secondary N) is 1. The fourth-order valence-corrected chi connectivity index (χ4v) is 2.40. The Hall–Kier alpha value is -1.45. The largest absolute Gasteiger partial charge is 0.325 e. The second kappa shape index (κ2) is 6.64. The minimum atomic E-state index is -0.00532. The van der Waals surface area contributed by atoms with E-state index in [4.69, 9.17) is 11.6 Å². The van der Waals surface area contributed by atoms with Gasteiger partial charge >= 0.3 is 0 Å². The molecule has 2 rings (SSSR count). The van der Waals surface area contributed by atoms with E-state index in [-0.39, 0.29) is 5.91 Å². The topological polar surface area (TPSA) is 29.1 Å². The number of benzene rings is 2. The van der Waals surface area contributed by atoms with Crippen molar-refractivity contribution in [3.63, 3.8) is 0 Å². The number of rotatable bonds is 4. The zero-order chi connectivity index (χ0) is 13.7. The Morgan fingerprint density at radius 2 is 1.84 bits per heavy atom. The van der Waals surface area contributed by atoms with E-state index in [1.54, 1.807) is 0 Å². The highest BCUT2D eigenvalue weighted by Crippen LogP contribution is 2.21. The summed E-state index contributed by atoms with van der Waals surface area (Å²) in [5.74, 6) is 0.380.